The third-order valence-corrected chi connectivity index (χ3v) is 4.71. The zero-order valence-electron chi connectivity index (χ0n) is 16.4. The summed E-state index contributed by atoms with van der Waals surface area (Å²) in [5.74, 6) is 0.156. The van der Waals surface area contributed by atoms with Gasteiger partial charge in [0, 0.05) is 11.8 Å². The van der Waals surface area contributed by atoms with E-state index in [9.17, 15) is 9.90 Å². The number of benzene rings is 2. The van der Waals surface area contributed by atoms with E-state index in [2.05, 4.69) is 10.6 Å². The summed E-state index contributed by atoms with van der Waals surface area (Å²) in [6.45, 7) is 4.15. The summed E-state index contributed by atoms with van der Waals surface area (Å²) in [4.78, 5) is 12.0. The van der Waals surface area contributed by atoms with Crippen molar-refractivity contribution in [1.82, 2.24) is 5.32 Å². The van der Waals surface area contributed by atoms with E-state index in [1.165, 1.54) is 0 Å². The van der Waals surface area contributed by atoms with Gasteiger partial charge in [-0.05, 0) is 74.8 Å². The predicted octanol–water partition coefficient (Wildman–Crippen LogP) is 3.33. The lowest BCUT2D eigenvalue weighted by Gasteiger charge is -2.25. The number of ether oxygens (including phenoxy) is 2. The van der Waals surface area contributed by atoms with Gasteiger partial charge in [-0.25, -0.2) is 4.79 Å². The topological polar surface area (TPSA) is 104 Å². The molecule has 152 valence electrons. The fourth-order valence-electron chi connectivity index (χ4n) is 3.28. The Morgan fingerprint density at radius 1 is 1.24 bits per heavy atom. The molecule has 0 amide bonds. The van der Waals surface area contributed by atoms with Gasteiger partial charge in [0.2, 0.25) is 0 Å². The van der Waals surface area contributed by atoms with Crippen LogP contribution in [0.25, 0.3) is 0 Å². The summed E-state index contributed by atoms with van der Waals surface area (Å²) in [6.07, 6.45) is 1.90. The van der Waals surface area contributed by atoms with Crippen LogP contribution in [0.5, 0.6) is 11.5 Å². The van der Waals surface area contributed by atoms with Crippen molar-refractivity contribution in [2.24, 2.45) is 0 Å². The fourth-order valence-corrected chi connectivity index (χ4v) is 3.28. The average molecular weight is 395 g/mol. The monoisotopic (exact) mass is 395 g/mol. The van der Waals surface area contributed by atoms with Crippen molar-refractivity contribution < 1.29 is 19.4 Å². The number of carbonyl (C=O) groups is 1. The molecule has 0 aromatic heterocycles. The second kappa shape index (κ2) is 9.80. The van der Waals surface area contributed by atoms with Gasteiger partial charge in [0.1, 0.15) is 17.6 Å². The van der Waals surface area contributed by atoms with Crippen LogP contribution in [0.2, 0.25) is 0 Å². The maximum atomic E-state index is 12.0. The van der Waals surface area contributed by atoms with E-state index in [4.69, 9.17) is 14.7 Å². The first-order chi connectivity index (χ1) is 14.1. The van der Waals surface area contributed by atoms with E-state index in [1.54, 1.807) is 42.5 Å². The number of piperidine rings is 1. The Hall–Kier alpha value is -3.24. The number of nitriles is 1. The molecule has 2 aromatic rings. The molecule has 1 aliphatic rings. The molecule has 0 radical (unpaired) electrons. The summed E-state index contributed by atoms with van der Waals surface area (Å²) < 4.78 is 11.8. The molecule has 7 nitrogen and oxygen atoms in total. The van der Waals surface area contributed by atoms with Crippen LogP contribution >= 0.6 is 0 Å². The maximum Gasteiger partial charge on any atom is 0.330 e. The van der Waals surface area contributed by atoms with E-state index in [-0.39, 0.29) is 6.10 Å². The van der Waals surface area contributed by atoms with Crippen molar-refractivity contribution in [2.75, 3.05) is 25.0 Å². The van der Waals surface area contributed by atoms with Gasteiger partial charge in [-0.15, -0.1) is 0 Å². The summed E-state index contributed by atoms with van der Waals surface area (Å²) in [7, 11) is 0. The van der Waals surface area contributed by atoms with Crippen LogP contribution < -0.4 is 20.1 Å². The van der Waals surface area contributed by atoms with Gasteiger partial charge in [0.25, 0.3) is 0 Å². The smallest absolute Gasteiger partial charge is 0.330 e. The molecule has 0 saturated carbocycles. The number of carboxylic acid groups (broad SMARTS) is 1. The van der Waals surface area contributed by atoms with E-state index in [1.807, 2.05) is 13.0 Å². The van der Waals surface area contributed by atoms with Gasteiger partial charge in [-0.3, -0.25) is 0 Å². The average Bonchev–Trinajstić information content (AvgIpc) is 2.73. The van der Waals surface area contributed by atoms with Crippen molar-refractivity contribution in [1.29, 1.82) is 5.26 Å². The van der Waals surface area contributed by atoms with Crippen molar-refractivity contribution in [2.45, 2.75) is 31.9 Å². The van der Waals surface area contributed by atoms with Crippen LogP contribution in [0, 0.1) is 11.3 Å². The van der Waals surface area contributed by atoms with Crippen molar-refractivity contribution in [3.05, 3.63) is 53.6 Å². The summed E-state index contributed by atoms with van der Waals surface area (Å²) >= 11 is 0. The summed E-state index contributed by atoms with van der Waals surface area (Å²) in [5.41, 5.74) is 1.66. The molecule has 1 heterocycles. The Morgan fingerprint density at radius 3 is 2.55 bits per heavy atom. The molecule has 1 fully saturated rings. The van der Waals surface area contributed by atoms with Gasteiger partial charge in [-0.1, -0.05) is 0 Å². The second-order valence-electron chi connectivity index (χ2n) is 6.84. The first kappa shape index (κ1) is 20.5. The summed E-state index contributed by atoms with van der Waals surface area (Å²) in [5, 5.41) is 25.1. The minimum absolute atomic E-state index is 0.0933. The van der Waals surface area contributed by atoms with Gasteiger partial charge in [0.05, 0.1) is 18.2 Å². The molecule has 3 rings (SSSR count). The number of nitrogens with zero attached hydrogens (tertiary/aromatic N) is 1. The number of rotatable bonds is 8. The van der Waals surface area contributed by atoms with Crippen molar-refractivity contribution >= 4 is 11.7 Å². The lowest BCUT2D eigenvalue weighted by Crippen LogP contribution is -2.34. The predicted molar refractivity (Wildman–Crippen MR) is 109 cm³/mol. The maximum absolute atomic E-state index is 12.0. The first-order valence-electron chi connectivity index (χ1n) is 9.73. The van der Waals surface area contributed by atoms with Crippen LogP contribution in [0.15, 0.2) is 42.5 Å². The lowest BCUT2D eigenvalue weighted by atomic mass is 10.0. The van der Waals surface area contributed by atoms with Gasteiger partial charge in [-0.2, -0.15) is 5.26 Å². The van der Waals surface area contributed by atoms with Crippen LogP contribution in [-0.4, -0.2) is 36.9 Å². The molecule has 0 aliphatic carbocycles. The largest absolute Gasteiger partial charge is 0.494 e. The Labute approximate surface area is 170 Å². The standard InChI is InChI=1S/C22H25N3O4/c1-2-28-19-11-16(12-20(13-19)29-18-7-9-24-10-8-18)21(22(26)27)25-17-5-3-15(14-23)4-6-17/h3-6,11-13,18,21,24-25H,2,7-10H2,1H3,(H,26,27). The zero-order chi connectivity index (χ0) is 20.6. The van der Waals surface area contributed by atoms with Crippen LogP contribution in [0.3, 0.4) is 0 Å². The highest BCUT2D eigenvalue weighted by atomic mass is 16.5. The third kappa shape index (κ3) is 5.62. The number of hydrogen-bond donors (Lipinski definition) is 3. The Morgan fingerprint density at radius 2 is 1.93 bits per heavy atom. The number of carboxylic acids is 1. The number of aliphatic carboxylic acids is 1. The van der Waals surface area contributed by atoms with E-state index < -0.39 is 12.0 Å². The number of anilines is 1. The van der Waals surface area contributed by atoms with Gasteiger partial charge >= 0.3 is 5.97 Å². The van der Waals surface area contributed by atoms with Crippen LogP contribution in [-0.2, 0) is 4.79 Å². The highest BCUT2D eigenvalue weighted by Gasteiger charge is 2.23. The Bertz CT molecular complexity index is 871. The van der Waals surface area contributed by atoms with Crippen LogP contribution in [0.4, 0.5) is 5.69 Å². The van der Waals surface area contributed by atoms with Gasteiger partial charge < -0.3 is 25.2 Å². The Kier molecular flexibility index (Phi) is 6.93. The van der Waals surface area contributed by atoms with E-state index in [0.717, 1.165) is 25.9 Å². The minimum Gasteiger partial charge on any atom is -0.494 e. The van der Waals surface area contributed by atoms with Crippen LogP contribution in [0.1, 0.15) is 36.9 Å². The third-order valence-electron chi connectivity index (χ3n) is 4.71. The molecule has 1 atom stereocenters. The molecule has 0 spiro atoms. The molecule has 0 bridgehead atoms. The SMILES string of the molecule is CCOc1cc(OC2CCNCC2)cc(C(Nc2ccc(C#N)cc2)C(=O)O)c1. The normalized spacial score (nSPS) is 15.2. The molecular weight excluding hydrogens is 370 g/mol. The molecule has 7 heteroatoms. The summed E-state index contributed by atoms with van der Waals surface area (Å²) in [6, 6.07) is 13.0. The minimum atomic E-state index is -1.02. The molecule has 1 unspecified atom stereocenters. The van der Waals surface area contributed by atoms with Gasteiger partial charge in [0.15, 0.2) is 6.04 Å². The van der Waals surface area contributed by atoms with Crippen molar-refractivity contribution in [3.63, 3.8) is 0 Å². The van der Waals surface area contributed by atoms with E-state index >= 15 is 0 Å². The fraction of sp³-hybridized carbons (Fsp3) is 0.364. The second-order valence-corrected chi connectivity index (χ2v) is 6.84. The van der Waals surface area contributed by atoms with Crippen molar-refractivity contribution in [3.8, 4) is 17.6 Å². The first-order valence-corrected chi connectivity index (χ1v) is 9.73. The Balaban J connectivity index is 1.86. The quantitative estimate of drug-likeness (QED) is 0.630. The highest BCUT2D eigenvalue weighted by Crippen LogP contribution is 2.30. The molecule has 2 aromatic carbocycles. The molecule has 1 aliphatic heterocycles. The molecule has 29 heavy (non-hydrogen) atoms. The molecular formula is C22H25N3O4. The molecule has 1 saturated heterocycles. The number of hydrogen-bond acceptors (Lipinski definition) is 6. The van der Waals surface area contributed by atoms with E-state index in [0.29, 0.717) is 34.9 Å². The molecule has 3 N–H and O–H groups in total. The number of nitrogens with one attached hydrogen (secondary N) is 2. The zero-order valence-corrected chi connectivity index (χ0v) is 16.4. The highest BCUT2D eigenvalue weighted by molar-refractivity contribution is 5.79. The lowest BCUT2D eigenvalue weighted by molar-refractivity contribution is -0.138.